The number of rotatable bonds is 6. The third-order valence-electron chi connectivity index (χ3n) is 6.03. The van der Waals surface area contributed by atoms with E-state index in [1.54, 1.807) is 7.11 Å². The van der Waals surface area contributed by atoms with Gasteiger partial charge in [0.15, 0.2) is 0 Å². The highest BCUT2D eigenvalue weighted by Crippen LogP contribution is 2.31. The molecular weight excluding hydrogens is 340 g/mol. The van der Waals surface area contributed by atoms with Gasteiger partial charge in [-0.2, -0.15) is 0 Å². The molecule has 1 unspecified atom stereocenters. The Labute approximate surface area is 161 Å². The number of imidazole rings is 1. The average molecular weight is 370 g/mol. The lowest BCUT2D eigenvalue weighted by Gasteiger charge is -2.36. The van der Waals surface area contributed by atoms with Crippen LogP contribution >= 0.6 is 0 Å². The zero-order valence-corrected chi connectivity index (χ0v) is 16.0. The molecule has 2 fully saturated rings. The molecule has 1 aliphatic carbocycles. The molecule has 0 spiro atoms. The molecule has 3 atom stereocenters. The van der Waals surface area contributed by atoms with Crippen LogP contribution in [0, 0.1) is 5.92 Å². The Morgan fingerprint density at radius 3 is 2.78 bits per heavy atom. The Balaban J connectivity index is 1.28. The van der Waals surface area contributed by atoms with Gasteiger partial charge in [-0.25, -0.2) is 4.98 Å². The average Bonchev–Trinajstić information content (AvgIpc) is 3.32. The summed E-state index contributed by atoms with van der Waals surface area (Å²) < 4.78 is 7.62. The molecule has 0 amide bonds. The summed E-state index contributed by atoms with van der Waals surface area (Å²) in [5.74, 6) is 1.46. The molecule has 6 heteroatoms. The van der Waals surface area contributed by atoms with E-state index in [-0.39, 0.29) is 12.1 Å². The zero-order valence-electron chi connectivity index (χ0n) is 16.0. The number of hydrogen-bond acceptors (Lipinski definition) is 5. The topological polar surface area (TPSA) is 62.5 Å². The molecule has 2 N–H and O–H groups in total. The van der Waals surface area contributed by atoms with Crippen molar-refractivity contribution < 1.29 is 9.84 Å². The van der Waals surface area contributed by atoms with Crippen molar-refractivity contribution in [2.24, 2.45) is 5.92 Å². The Morgan fingerprint density at radius 2 is 2.04 bits per heavy atom. The molecule has 0 bridgehead atoms. The largest absolute Gasteiger partial charge is 0.495 e. The van der Waals surface area contributed by atoms with Gasteiger partial charge in [-0.15, -0.1) is 0 Å². The minimum Gasteiger partial charge on any atom is -0.495 e. The smallest absolute Gasteiger partial charge is 0.142 e. The minimum atomic E-state index is -0.245. The molecule has 1 saturated heterocycles. The summed E-state index contributed by atoms with van der Waals surface area (Å²) >= 11 is 0. The van der Waals surface area contributed by atoms with E-state index in [4.69, 9.17) is 4.74 Å². The predicted molar refractivity (Wildman–Crippen MR) is 106 cm³/mol. The van der Waals surface area contributed by atoms with Gasteiger partial charge in [-0.05, 0) is 43.7 Å². The highest BCUT2D eigenvalue weighted by molar-refractivity contribution is 5.58. The quantitative estimate of drug-likeness (QED) is 0.817. The van der Waals surface area contributed by atoms with E-state index in [0.29, 0.717) is 12.0 Å². The van der Waals surface area contributed by atoms with Crippen LogP contribution in [0.15, 0.2) is 43.0 Å². The summed E-state index contributed by atoms with van der Waals surface area (Å²) in [5, 5.41) is 14.2. The van der Waals surface area contributed by atoms with Gasteiger partial charge in [0.2, 0.25) is 0 Å². The third kappa shape index (κ3) is 4.28. The van der Waals surface area contributed by atoms with Crippen LogP contribution in [0.1, 0.15) is 25.7 Å². The monoisotopic (exact) mass is 370 g/mol. The Hall–Kier alpha value is -2.05. The molecule has 2 heterocycles. The lowest BCUT2D eigenvalue weighted by Crippen LogP contribution is -2.48. The highest BCUT2D eigenvalue weighted by atomic mass is 16.5. The molecule has 2 aliphatic rings. The van der Waals surface area contributed by atoms with Crippen LogP contribution in [0.4, 0.5) is 5.69 Å². The highest BCUT2D eigenvalue weighted by Gasteiger charge is 2.35. The first-order valence-electron chi connectivity index (χ1n) is 10.0. The van der Waals surface area contributed by atoms with Crippen LogP contribution in [0.5, 0.6) is 5.75 Å². The van der Waals surface area contributed by atoms with Crippen molar-refractivity contribution in [1.29, 1.82) is 0 Å². The normalized spacial score (nSPS) is 26.4. The van der Waals surface area contributed by atoms with Crippen LogP contribution in [-0.2, 0) is 6.54 Å². The minimum absolute atomic E-state index is 0.210. The maximum Gasteiger partial charge on any atom is 0.142 e. The van der Waals surface area contributed by atoms with Gasteiger partial charge in [-0.1, -0.05) is 12.1 Å². The number of ether oxygens (including phenoxy) is 1. The van der Waals surface area contributed by atoms with Crippen LogP contribution in [0.3, 0.4) is 0 Å². The Morgan fingerprint density at radius 1 is 1.22 bits per heavy atom. The number of methoxy groups -OCH3 is 1. The molecule has 27 heavy (non-hydrogen) atoms. The van der Waals surface area contributed by atoms with Crippen molar-refractivity contribution in [1.82, 2.24) is 14.9 Å². The summed E-state index contributed by atoms with van der Waals surface area (Å²) in [4.78, 5) is 6.52. The standard InChI is InChI=1S/C21H30N4O2/c1-27-21-5-3-2-4-19(21)25-9-6-17(7-10-25)23-18-12-16(13-20(18)26)14-24-11-8-22-15-24/h2-5,8,11,15-18,20,23,26H,6-7,9-10,12-14H2,1H3/t16?,18-,20-/m1/s1. The fourth-order valence-electron chi connectivity index (χ4n) is 4.62. The zero-order chi connectivity index (χ0) is 18.6. The molecule has 0 radical (unpaired) electrons. The van der Waals surface area contributed by atoms with Gasteiger partial charge in [0.05, 0.1) is 25.2 Å². The molecule has 146 valence electrons. The number of hydrogen-bond donors (Lipinski definition) is 2. The second-order valence-corrected chi connectivity index (χ2v) is 7.87. The van der Waals surface area contributed by atoms with Gasteiger partial charge in [-0.3, -0.25) is 0 Å². The lowest BCUT2D eigenvalue weighted by molar-refractivity contribution is 0.137. The van der Waals surface area contributed by atoms with E-state index in [9.17, 15) is 5.11 Å². The molecule has 4 rings (SSSR count). The number of nitrogens with zero attached hydrogens (tertiary/aromatic N) is 3. The summed E-state index contributed by atoms with van der Waals surface area (Å²) in [6, 6.07) is 8.92. The van der Waals surface area contributed by atoms with Crippen LogP contribution < -0.4 is 15.0 Å². The number of aliphatic hydroxyl groups excluding tert-OH is 1. The van der Waals surface area contributed by atoms with Crippen molar-refractivity contribution in [3.63, 3.8) is 0 Å². The molecule has 2 aromatic rings. The van der Waals surface area contributed by atoms with Crippen LogP contribution in [0.2, 0.25) is 0 Å². The first-order chi connectivity index (χ1) is 13.2. The van der Waals surface area contributed by atoms with E-state index in [1.807, 2.05) is 30.9 Å². The van der Waals surface area contributed by atoms with Gasteiger partial charge in [0.1, 0.15) is 5.75 Å². The second kappa shape index (κ2) is 8.31. The summed E-state index contributed by atoms with van der Waals surface area (Å²) in [7, 11) is 1.73. The molecular formula is C21H30N4O2. The predicted octanol–water partition coefficient (Wildman–Crippen LogP) is 2.29. The van der Waals surface area contributed by atoms with Gasteiger partial charge in [0.25, 0.3) is 0 Å². The number of piperidine rings is 1. The number of anilines is 1. The van der Waals surface area contributed by atoms with E-state index >= 15 is 0 Å². The Kier molecular flexibility index (Phi) is 5.64. The molecule has 6 nitrogen and oxygen atoms in total. The van der Waals surface area contributed by atoms with Crippen LogP contribution in [0.25, 0.3) is 0 Å². The van der Waals surface area contributed by atoms with Crippen molar-refractivity contribution in [2.75, 3.05) is 25.1 Å². The fourth-order valence-corrected chi connectivity index (χ4v) is 4.62. The molecule has 1 saturated carbocycles. The van der Waals surface area contributed by atoms with Crippen molar-refractivity contribution >= 4 is 5.69 Å². The van der Waals surface area contributed by atoms with Crippen molar-refractivity contribution in [2.45, 2.75) is 50.4 Å². The summed E-state index contributed by atoms with van der Waals surface area (Å²) in [6.45, 7) is 2.97. The molecule has 1 aliphatic heterocycles. The number of aliphatic hydroxyl groups is 1. The van der Waals surface area contributed by atoms with E-state index in [1.165, 1.54) is 5.69 Å². The van der Waals surface area contributed by atoms with E-state index in [2.05, 4.69) is 31.9 Å². The Bertz CT molecular complexity index is 713. The van der Waals surface area contributed by atoms with Crippen molar-refractivity contribution in [3.05, 3.63) is 43.0 Å². The molecule has 1 aromatic carbocycles. The summed E-state index contributed by atoms with van der Waals surface area (Å²) in [5.41, 5.74) is 1.18. The van der Waals surface area contributed by atoms with E-state index in [0.717, 1.165) is 51.1 Å². The lowest BCUT2D eigenvalue weighted by atomic mass is 10.0. The fraction of sp³-hybridized carbons (Fsp3) is 0.571. The maximum absolute atomic E-state index is 10.5. The second-order valence-electron chi connectivity index (χ2n) is 7.87. The maximum atomic E-state index is 10.5. The van der Waals surface area contributed by atoms with Gasteiger partial charge >= 0.3 is 0 Å². The van der Waals surface area contributed by atoms with Crippen molar-refractivity contribution in [3.8, 4) is 5.75 Å². The first kappa shape index (κ1) is 18.3. The number of para-hydroxylation sites is 2. The SMILES string of the molecule is COc1ccccc1N1CCC(N[C@@H]2CC(Cn3ccnc3)C[C@H]2O)CC1. The summed E-state index contributed by atoms with van der Waals surface area (Å²) in [6.07, 6.45) is 9.52. The third-order valence-corrected chi connectivity index (χ3v) is 6.03. The number of nitrogens with one attached hydrogen (secondary N) is 1. The molecule has 1 aromatic heterocycles. The van der Waals surface area contributed by atoms with Gasteiger partial charge < -0.3 is 24.6 Å². The van der Waals surface area contributed by atoms with E-state index < -0.39 is 0 Å². The number of benzene rings is 1. The number of aromatic nitrogens is 2. The van der Waals surface area contributed by atoms with Crippen LogP contribution in [-0.4, -0.2) is 53.0 Å². The van der Waals surface area contributed by atoms with Gasteiger partial charge in [0, 0.05) is 44.1 Å². The first-order valence-corrected chi connectivity index (χ1v) is 10.0.